The molecular weight excluding hydrogens is 373 g/mol. The van der Waals surface area contributed by atoms with E-state index in [-0.39, 0.29) is 30.7 Å². The lowest BCUT2D eigenvalue weighted by atomic mass is 9.87. The van der Waals surface area contributed by atoms with Crippen molar-refractivity contribution in [3.05, 3.63) is 52.8 Å². The Hall–Kier alpha value is -2.60. The van der Waals surface area contributed by atoms with E-state index in [1.54, 1.807) is 25.3 Å². The fourth-order valence-electron chi connectivity index (χ4n) is 3.74. The van der Waals surface area contributed by atoms with Crippen LogP contribution in [0.3, 0.4) is 0 Å². The molecule has 0 spiro atoms. The van der Waals surface area contributed by atoms with Gasteiger partial charge in [-0.05, 0) is 49.7 Å². The van der Waals surface area contributed by atoms with E-state index in [0.29, 0.717) is 29.2 Å². The Kier molecular flexibility index (Phi) is 6.75. The zero-order valence-electron chi connectivity index (χ0n) is 17.5. The van der Waals surface area contributed by atoms with E-state index in [0.717, 1.165) is 24.1 Å². The highest BCUT2D eigenvalue weighted by Crippen LogP contribution is 2.48. The van der Waals surface area contributed by atoms with Gasteiger partial charge in [-0.25, -0.2) is 4.39 Å². The predicted molar refractivity (Wildman–Crippen MR) is 110 cm³/mol. The molecule has 0 radical (unpaired) electrons. The third-order valence-electron chi connectivity index (χ3n) is 5.15. The van der Waals surface area contributed by atoms with Gasteiger partial charge in [0.1, 0.15) is 11.6 Å². The van der Waals surface area contributed by atoms with Gasteiger partial charge in [0.2, 0.25) is 12.5 Å². The molecule has 1 unspecified atom stereocenters. The van der Waals surface area contributed by atoms with Gasteiger partial charge in [-0.2, -0.15) is 0 Å². The van der Waals surface area contributed by atoms with Crippen LogP contribution in [0.2, 0.25) is 0 Å². The minimum atomic E-state index is -0.346. The maximum Gasteiger partial charge on any atom is 0.231 e. The van der Waals surface area contributed by atoms with Crippen molar-refractivity contribution in [3.63, 3.8) is 0 Å². The Morgan fingerprint density at radius 3 is 2.69 bits per heavy atom. The van der Waals surface area contributed by atoms with Crippen molar-refractivity contribution >= 4 is 5.78 Å². The minimum Gasteiger partial charge on any atom is -0.492 e. The second-order valence-electron chi connectivity index (χ2n) is 7.68. The van der Waals surface area contributed by atoms with Crippen LogP contribution in [0, 0.1) is 5.82 Å². The summed E-state index contributed by atoms with van der Waals surface area (Å²) >= 11 is 0. The van der Waals surface area contributed by atoms with Crippen LogP contribution in [0.1, 0.15) is 36.0 Å². The van der Waals surface area contributed by atoms with Gasteiger partial charge in [0, 0.05) is 24.9 Å². The maximum atomic E-state index is 13.9. The summed E-state index contributed by atoms with van der Waals surface area (Å²) in [6.07, 6.45) is 1.16. The van der Waals surface area contributed by atoms with E-state index >= 15 is 0 Å². The van der Waals surface area contributed by atoms with Crippen LogP contribution in [0.5, 0.6) is 17.2 Å². The Morgan fingerprint density at radius 1 is 1.24 bits per heavy atom. The van der Waals surface area contributed by atoms with E-state index in [1.807, 2.05) is 27.1 Å². The summed E-state index contributed by atoms with van der Waals surface area (Å²) in [5, 5.41) is 0. The number of ether oxygens (including phenoxy) is 3. The molecule has 1 aliphatic heterocycles. The third-order valence-corrected chi connectivity index (χ3v) is 5.15. The summed E-state index contributed by atoms with van der Waals surface area (Å²) in [5.74, 6) is 1.42. The summed E-state index contributed by atoms with van der Waals surface area (Å²) in [6, 6.07) is 8.39. The lowest BCUT2D eigenvalue weighted by molar-refractivity contribution is -0.118. The standard InChI is InChI=1S/C23H28FNO4/c1-15(11-18(26)12-16-7-5-6-8-19(16)24)21-17(9-10-25(2)3)13-20-22(23(21)27-4)29-14-28-20/h5-8,13,15H,9-12,14H2,1-4H3. The summed E-state index contributed by atoms with van der Waals surface area (Å²) in [5.41, 5.74) is 2.46. The van der Waals surface area contributed by atoms with Gasteiger partial charge in [-0.3, -0.25) is 4.79 Å². The van der Waals surface area contributed by atoms with Crippen LogP contribution < -0.4 is 14.2 Å². The fraction of sp³-hybridized carbons (Fsp3) is 0.435. The van der Waals surface area contributed by atoms with Crippen LogP contribution >= 0.6 is 0 Å². The van der Waals surface area contributed by atoms with E-state index < -0.39 is 0 Å². The first kappa shape index (κ1) is 21.1. The number of carbonyl (C=O) groups is 1. The van der Waals surface area contributed by atoms with Gasteiger partial charge in [0.25, 0.3) is 0 Å². The molecule has 156 valence electrons. The molecule has 6 heteroatoms. The van der Waals surface area contributed by atoms with Crippen molar-refractivity contribution in [1.82, 2.24) is 4.90 Å². The first-order valence-electron chi connectivity index (χ1n) is 9.79. The fourth-order valence-corrected chi connectivity index (χ4v) is 3.74. The maximum absolute atomic E-state index is 13.9. The lowest BCUT2D eigenvalue weighted by Crippen LogP contribution is -2.17. The van der Waals surface area contributed by atoms with Crippen LogP contribution in [-0.2, 0) is 17.6 Å². The number of halogens is 1. The van der Waals surface area contributed by atoms with Crippen LogP contribution in [0.15, 0.2) is 30.3 Å². The van der Waals surface area contributed by atoms with Crippen LogP contribution in [-0.4, -0.2) is 45.2 Å². The monoisotopic (exact) mass is 401 g/mol. The average molecular weight is 401 g/mol. The molecule has 0 bridgehead atoms. The first-order chi connectivity index (χ1) is 13.9. The smallest absolute Gasteiger partial charge is 0.231 e. The molecule has 0 saturated heterocycles. The normalized spacial score (nSPS) is 13.6. The molecule has 29 heavy (non-hydrogen) atoms. The van der Waals surface area contributed by atoms with E-state index in [9.17, 15) is 9.18 Å². The molecule has 1 aliphatic rings. The average Bonchev–Trinajstić information content (AvgIpc) is 3.15. The summed E-state index contributed by atoms with van der Waals surface area (Å²) < 4.78 is 30.8. The van der Waals surface area contributed by atoms with Crippen molar-refractivity contribution in [2.75, 3.05) is 34.5 Å². The van der Waals surface area contributed by atoms with Gasteiger partial charge < -0.3 is 19.1 Å². The summed E-state index contributed by atoms with van der Waals surface area (Å²) in [6.45, 7) is 3.01. The third kappa shape index (κ3) is 4.88. The number of hydrogen-bond donors (Lipinski definition) is 0. The second-order valence-corrected chi connectivity index (χ2v) is 7.68. The minimum absolute atomic E-state index is 0.0131. The molecule has 0 fully saturated rings. The molecule has 0 amide bonds. The molecule has 0 saturated carbocycles. The van der Waals surface area contributed by atoms with Gasteiger partial charge in [0.15, 0.2) is 11.5 Å². The molecule has 0 aromatic heterocycles. The Balaban J connectivity index is 1.87. The molecule has 0 N–H and O–H groups in total. The Bertz CT molecular complexity index is 881. The Labute approximate surface area is 171 Å². The number of hydrogen-bond acceptors (Lipinski definition) is 5. The van der Waals surface area contributed by atoms with Crippen molar-refractivity contribution in [3.8, 4) is 17.2 Å². The number of methoxy groups -OCH3 is 1. The predicted octanol–water partition coefficient (Wildman–Crippen LogP) is 3.97. The van der Waals surface area contributed by atoms with E-state index in [2.05, 4.69) is 4.90 Å². The molecule has 2 aromatic carbocycles. The van der Waals surface area contributed by atoms with Crippen LogP contribution in [0.4, 0.5) is 4.39 Å². The molecule has 1 heterocycles. The zero-order valence-corrected chi connectivity index (χ0v) is 17.5. The summed E-state index contributed by atoms with van der Waals surface area (Å²) in [4.78, 5) is 14.8. The lowest BCUT2D eigenvalue weighted by Gasteiger charge is -2.22. The number of carbonyl (C=O) groups excluding carboxylic acids is 1. The SMILES string of the molecule is COc1c2c(cc(CCN(C)C)c1C(C)CC(=O)Cc1ccccc1F)OCO2. The number of likely N-dealkylation sites (N-methyl/N-ethyl adjacent to an activating group) is 1. The highest BCUT2D eigenvalue weighted by atomic mass is 19.1. The topological polar surface area (TPSA) is 48.0 Å². The largest absolute Gasteiger partial charge is 0.492 e. The number of Topliss-reactive ketones (excluding diaryl/α,β-unsaturated/α-hetero) is 1. The van der Waals surface area contributed by atoms with Crippen molar-refractivity contribution < 1.29 is 23.4 Å². The highest BCUT2D eigenvalue weighted by molar-refractivity contribution is 5.82. The van der Waals surface area contributed by atoms with Gasteiger partial charge in [-0.1, -0.05) is 25.1 Å². The number of benzene rings is 2. The summed E-state index contributed by atoms with van der Waals surface area (Å²) in [7, 11) is 5.64. The van der Waals surface area contributed by atoms with Gasteiger partial charge >= 0.3 is 0 Å². The van der Waals surface area contributed by atoms with Gasteiger partial charge in [0.05, 0.1) is 7.11 Å². The van der Waals surface area contributed by atoms with Crippen molar-refractivity contribution in [2.24, 2.45) is 0 Å². The van der Waals surface area contributed by atoms with Crippen LogP contribution in [0.25, 0.3) is 0 Å². The molecule has 5 nitrogen and oxygen atoms in total. The van der Waals surface area contributed by atoms with E-state index in [4.69, 9.17) is 14.2 Å². The van der Waals surface area contributed by atoms with Crippen molar-refractivity contribution in [2.45, 2.75) is 32.1 Å². The molecule has 2 aromatic rings. The number of fused-ring (bicyclic) bond motifs is 1. The molecule has 3 rings (SSSR count). The van der Waals surface area contributed by atoms with Crippen molar-refractivity contribution in [1.29, 1.82) is 0 Å². The quantitative estimate of drug-likeness (QED) is 0.636. The number of nitrogens with zero attached hydrogens (tertiary/aromatic N) is 1. The van der Waals surface area contributed by atoms with E-state index in [1.165, 1.54) is 6.07 Å². The number of ketones is 1. The van der Waals surface area contributed by atoms with Gasteiger partial charge in [-0.15, -0.1) is 0 Å². The Morgan fingerprint density at radius 2 is 2.00 bits per heavy atom. The first-order valence-corrected chi connectivity index (χ1v) is 9.79. The second kappa shape index (κ2) is 9.27. The highest BCUT2D eigenvalue weighted by Gasteiger charge is 2.28. The molecule has 1 atom stereocenters. The number of rotatable bonds is 9. The molecule has 0 aliphatic carbocycles. The molecular formula is C23H28FNO4. The zero-order chi connectivity index (χ0) is 21.0.